The summed E-state index contributed by atoms with van der Waals surface area (Å²) in [4.78, 5) is 25.2. The van der Waals surface area contributed by atoms with E-state index in [0.717, 1.165) is 37.0 Å². The molecular formula is C36H52O4. The highest BCUT2D eigenvalue weighted by Crippen LogP contribution is 2.67. The van der Waals surface area contributed by atoms with Crippen LogP contribution in [-0.2, 0) is 14.3 Å². The van der Waals surface area contributed by atoms with Crippen LogP contribution in [0, 0.1) is 46.3 Å². The van der Waals surface area contributed by atoms with E-state index in [0.29, 0.717) is 28.7 Å². The summed E-state index contributed by atoms with van der Waals surface area (Å²) in [6.07, 6.45) is 13.7. The third-order valence-electron chi connectivity index (χ3n) is 11.8. The average molecular weight is 549 g/mol. The molecule has 0 aromatic heterocycles. The van der Waals surface area contributed by atoms with Crippen molar-refractivity contribution in [3.05, 3.63) is 47.5 Å². The maximum atomic E-state index is 12.8. The Kier molecular flexibility index (Phi) is 8.56. The van der Waals surface area contributed by atoms with E-state index < -0.39 is 0 Å². The molecule has 1 aromatic carbocycles. The summed E-state index contributed by atoms with van der Waals surface area (Å²) in [6, 6.07) is 9.29. The van der Waals surface area contributed by atoms with Gasteiger partial charge >= 0.3 is 11.9 Å². The molecule has 0 amide bonds. The van der Waals surface area contributed by atoms with Crippen LogP contribution >= 0.6 is 0 Å². The molecule has 8 unspecified atom stereocenters. The van der Waals surface area contributed by atoms with Gasteiger partial charge in [0.2, 0.25) is 0 Å². The molecule has 0 bridgehead atoms. The Labute approximate surface area is 242 Å². The summed E-state index contributed by atoms with van der Waals surface area (Å²) in [6.45, 7) is 13.8. The Morgan fingerprint density at radius 3 is 2.38 bits per heavy atom. The van der Waals surface area contributed by atoms with Crippen LogP contribution in [0.4, 0.5) is 0 Å². The predicted octanol–water partition coefficient (Wildman–Crippen LogP) is 8.80. The minimum atomic E-state index is -0.243. The van der Waals surface area contributed by atoms with E-state index in [2.05, 4.69) is 40.7 Å². The summed E-state index contributed by atoms with van der Waals surface area (Å²) >= 11 is 0. The number of hydrogen-bond donors (Lipinski definition) is 0. The second-order valence-corrected chi connectivity index (χ2v) is 14.6. The molecule has 0 N–H and O–H groups in total. The van der Waals surface area contributed by atoms with Crippen molar-refractivity contribution < 1.29 is 19.1 Å². The minimum Gasteiger partial charge on any atom is -0.458 e. The van der Waals surface area contributed by atoms with Crippen LogP contribution in [0.25, 0.3) is 0 Å². The van der Waals surface area contributed by atoms with E-state index >= 15 is 0 Å². The van der Waals surface area contributed by atoms with E-state index in [4.69, 9.17) is 9.47 Å². The Bertz CT molecular complexity index is 1090. The van der Waals surface area contributed by atoms with Gasteiger partial charge in [-0.05, 0) is 97.2 Å². The molecule has 4 aliphatic rings. The summed E-state index contributed by atoms with van der Waals surface area (Å²) in [7, 11) is 0. The van der Waals surface area contributed by atoms with E-state index in [-0.39, 0.29) is 29.6 Å². The largest absolute Gasteiger partial charge is 0.458 e. The third-order valence-corrected chi connectivity index (χ3v) is 11.8. The number of hydrogen-bond acceptors (Lipinski definition) is 4. The smallest absolute Gasteiger partial charge is 0.338 e. The Balaban J connectivity index is 1.36. The zero-order valence-corrected chi connectivity index (χ0v) is 25.8. The molecule has 9 atom stereocenters. The van der Waals surface area contributed by atoms with Crippen LogP contribution in [0.2, 0.25) is 0 Å². The molecule has 3 fully saturated rings. The highest BCUT2D eigenvalue weighted by molar-refractivity contribution is 5.89. The summed E-state index contributed by atoms with van der Waals surface area (Å²) in [5.74, 6) is 3.34. The van der Waals surface area contributed by atoms with Gasteiger partial charge in [-0.3, -0.25) is 4.79 Å². The van der Waals surface area contributed by atoms with Crippen molar-refractivity contribution >= 4 is 11.9 Å². The lowest BCUT2D eigenvalue weighted by Gasteiger charge is -2.59. The van der Waals surface area contributed by atoms with Crippen LogP contribution in [0.15, 0.2) is 42.0 Å². The van der Waals surface area contributed by atoms with Gasteiger partial charge in [-0.2, -0.15) is 0 Å². The molecule has 4 heteroatoms. The van der Waals surface area contributed by atoms with Gasteiger partial charge in [0.1, 0.15) is 12.2 Å². The first-order valence-corrected chi connectivity index (χ1v) is 16.2. The molecule has 0 saturated heterocycles. The number of carbonyl (C=O) groups excluding carboxylic acids is 2. The van der Waals surface area contributed by atoms with Crippen LogP contribution in [0.3, 0.4) is 0 Å². The summed E-state index contributed by atoms with van der Waals surface area (Å²) in [5, 5.41) is 0. The summed E-state index contributed by atoms with van der Waals surface area (Å²) < 4.78 is 12.2. The van der Waals surface area contributed by atoms with Crippen molar-refractivity contribution in [3.8, 4) is 0 Å². The molecule has 40 heavy (non-hydrogen) atoms. The molecular weight excluding hydrogens is 496 g/mol. The van der Waals surface area contributed by atoms with E-state index in [1.165, 1.54) is 50.5 Å². The van der Waals surface area contributed by atoms with Crippen molar-refractivity contribution in [2.24, 2.45) is 46.3 Å². The van der Waals surface area contributed by atoms with E-state index in [1.807, 2.05) is 30.3 Å². The van der Waals surface area contributed by atoms with Crippen molar-refractivity contribution in [1.29, 1.82) is 0 Å². The normalized spacial score (nSPS) is 37.5. The average Bonchev–Trinajstić information content (AvgIpc) is 3.26. The monoisotopic (exact) mass is 548 g/mol. The molecule has 5 rings (SSSR count). The van der Waals surface area contributed by atoms with Crippen molar-refractivity contribution in [2.75, 3.05) is 0 Å². The fourth-order valence-corrected chi connectivity index (χ4v) is 9.81. The number of esters is 2. The Hall–Kier alpha value is -2.10. The third kappa shape index (κ3) is 5.53. The highest BCUT2D eigenvalue weighted by Gasteiger charge is 2.62. The second kappa shape index (κ2) is 11.6. The lowest BCUT2D eigenvalue weighted by atomic mass is 9.46. The first-order chi connectivity index (χ1) is 19.0. The maximum Gasteiger partial charge on any atom is 0.338 e. The topological polar surface area (TPSA) is 52.6 Å². The number of carbonyl (C=O) groups is 2. The number of ether oxygens (including phenoxy) is 2. The lowest BCUT2D eigenvalue weighted by molar-refractivity contribution is -0.158. The van der Waals surface area contributed by atoms with Crippen LogP contribution in [-0.4, -0.2) is 24.1 Å². The molecule has 0 spiro atoms. The highest BCUT2D eigenvalue weighted by atomic mass is 16.5. The second-order valence-electron chi connectivity index (χ2n) is 14.6. The van der Waals surface area contributed by atoms with Crippen molar-refractivity contribution in [2.45, 2.75) is 118 Å². The van der Waals surface area contributed by atoms with Gasteiger partial charge in [-0.1, -0.05) is 77.7 Å². The van der Waals surface area contributed by atoms with Gasteiger partial charge in [0.25, 0.3) is 0 Å². The summed E-state index contributed by atoms with van der Waals surface area (Å²) in [5.41, 5.74) is 2.35. The minimum absolute atomic E-state index is 0.0826. The quantitative estimate of drug-likeness (QED) is 0.241. The molecule has 1 aromatic rings. The zero-order chi connectivity index (χ0) is 28.7. The van der Waals surface area contributed by atoms with Gasteiger partial charge in [-0.25, -0.2) is 4.79 Å². The molecule has 220 valence electrons. The molecule has 0 aliphatic heterocycles. The van der Waals surface area contributed by atoms with Gasteiger partial charge in [0.15, 0.2) is 0 Å². The fraction of sp³-hybridized carbons (Fsp3) is 0.722. The number of benzene rings is 1. The van der Waals surface area contributed by atoms with Crippen LogP contribution in [0.1, 0.15) is 116 Å². The predicted molar refractivity (Wildman–Crippen MR) is 160 cm³/mol. The first kappa shape index (κ1) is 29.4. The van der Waals surface area contributed by atoms with E-state index in [1.54, 1.807) is 6.92 Å². The molecule has 3 saturated carbocycles. The molecule has 0 radical (unpaired) electrons. The molecule has 4 aliphatic carbocycles. The van der Waals surface area contributed by atoms with Gasteiger partial charge in [-0.15, -0.1) is 0 Å². The van der Waals surface area contributed by atoms with Gasteiger partial charge < -0.3 is 9.47 Å². The Morgan fingerprint density at radius 2 is 1.68 bits per heavy atom. The lowest BCUT2D eigenvalue weighted by Crippen LogP contribution is -2.55. The zero-order valence-electron chi connectivity index (χ0n) is 25.8. The Morgan fingerprint density at radius 1 is 0.925 bits per heavy atom. The maximum absolute atomic E-state index is 12.8. The van der Waals surface area contributed by atoms with Crippen LogP contribution < -0.4 is 0 Å². The van der Waals surface area contributed by atoms with Gasteiger partial charge in [0, 0.05) is 19.3 Å². The fourth-order valence-electron chi connectivity index (χ4n) is 9.81. The van der Waals surface area contributed by atoms with Gasteiger partial charge in [0.05, 0.1) is 5.56 Å². The standard InChI is InChI=1S/C36H52O4/c1-23(2)11-10-12-24(3)29-15-16-30-33-31(18-20-36(29,30)6)35(5)19-17-28(21-27(35)22-32(33)39-25(4)37)40-34(38)26-13-8-7-9-14-26/h7-9,13-14,22-24,28-33H,10-12,15-21H2,1-6H3/t24?,28-,29?,30?,31?,32?,33?,35?,36?/m0/s1. The van der Waals surface area contributed by atoms with Crippen molar-refractivity contribution in [3.63, 3.8) is 0 Å². The molecule has 4 nitrogen and oxygen atoms in total. The first-order valence-electron chi connectivity index (χ1n) is 16.2. The number of fused-ring (bicyclic) bond motifs is 5. The molecule has 0 heterocycles. The van der Waals surface area contributed by atoms with Crippen molar-refractivity contribution in [1.82, 2.24) is 0 Å². The van der Waals surface area contributed by atoms with Crippen LogP contribution in [0.5, 0.6) is 0 Å². The number of rotatable bonds is 8. The van der Waals surface area contributed by atoms with E-state index in [9.17, 15) is 9.59 Å². The SMILES string of the molecule is CC(=O)OC1C=C2C[C@@H](OC(=O)c3ccccc3)CCC2(C)C2CCC3(C)C(C(C)CCCC(C)C)CCC3C12.